The van der Waals surface area contributed by atoms with Crippen LogP contribution in [-0.4, -0.2) is 38.4 Å². The van der Waals surface area contributed by atoms with Crippen molar-refractivity contribution >= 4 is 5.91 Å². The minimum absolute atomic E-state index is 0.105. The lowest BCUT2D eigenvalue weighted by Crippen LogP contribution is -2.40. The van der Waals surface area contributed by atoms with Crippen molar-refractivity contribution in [3.8, 4) is 0 Å². The highest BCUT2D eigenvalue weighted by Gasteiger charge is 2.28. The summed E-state index contributed by atoms with van der Waals surface area (Å²) in [5, 5.41) is 0. The molecule has 1 unspecified atom stereocenters. The third-order valence-electron chi connectivity index (χ3n) is 5.33. The molecule has 1 fully saturated rings. The number of halogens is 1. The summed E-state index contributed by atoms with van der Waals surface area (Å²) in [7, 11) is 0. The molecule has 4 rings (SSSR count). The van der Waals surface area contributed by atoms with Crippen LogP contribution >= 0.6 is 0 Å². The van der Waals surface area contributed by atoms with Crippen LogP contribution in [-0.2, 0) is 6.54 Å². The van der Waals surface area contributed by atoms with Crippen molar-refractivity contribution in [2.75, 3.05) is 13.1 Å². The molecule has 144 valence electrons. The standard InChI is InChI=1S/C22H23FN4O/c1-16-6-7-19(23)12-20(16)22(28)27-10-3-5-18(15-27)21-25-9-11-26(21)14-17-4-2-8-24-13-17/h2,4,6-9,11-13,18H,3,5,10,14-15H2,1H3. The number of amides is 1. The molecule has 0 N–H and O–H groups in total. The molecule has 1 saturated heterocycles. The third-order valence-corrected chi connectivity index (χ3v) is 5.33. The van der Waals surface area contributed by atoms with E-state index in [1.807, 2.05) is 42.5 Å². The van der Waals surface area contributed by atoms with Crippen LogP contribution in [0.25, 0.3) is 0 Å². The fraction of sp³-hybridized carbons (Fsp3) is 0.318. The first-order valence-electron chi connectivity index (χ1n) is 9.57. The van der Waals surface area contributed by atoms with Crippen LogP contribution in [0.4, 0.5) is 4.39 Å². The smallest absolute Gasteiger partial charge is 0.254 e. The van der Waals surface area contributed by atoms with E-state index in [0.29, 0.717) is 25.2 Å². The second-order valence-electron chi connectivity index (χ2n) is 7.32. The predicted molar refractivity (Wildman–Crippen MR) is 105 cm³/mol. The van der Waals surface area contributed by atoms with Crippen molar-refractivity contribution in [1.29, 1.82) is 0 Å². The summed E-state index contributed by atoms with van der Waals surface area (Å²) < 4.78 is 15.8. The van der Waals surface area contributed by atoms with Crippen molar-refractivity contribution in [3.05, 3.63) is 83.5 Å². The van der Waals surface area contributed by atoms with Gasteiger partial charge in [0, 0.05) is 49.4 Å². The molecular formula is C22H23FN4O. The SMILES string of the molecule is Cc1ccc(F)cc1C(=O)N1CCCC(c2nccn2Cc2cccnc2)C1. The Labute approximate surface area is 163 Å². The predicted octanol–water partition coefficient (Wildman–Crippen LogP) is 3.79. The average Bonchev–Trinajstić information content (AvgIpc) is 3.18. The van der Waals surface area contributed by atoms with Crippen LogP contribution in [0.15, 0.2) is 55.1 Å². The molecule has 6 heteroatoms. The van der Waals surface area contributed by atoms with E-state index in [1.54, 1.807) is 12.3 Å². The normalized spacial score (nSPS) is 16.9. The Morgan fingerprint density at radius 2 is 2.18 bits per heavy atom. The quantitative estimate of drug-likeness (QED) is 0.694. The molecule has 0 spiro atoms. The van der Waals surface area contributed by atoms with Crippen molar-refractivity contribution in [2.24, 2.45) is 0 Å². The van der Waals surface area contributed by atoms with E-state index >= 15 is 0 Å². The number of nitrogens with zero attached hydrogens (tertiary/aromatic N) is 4. The molecule has 3 heterocycles. The Bertz CT molecular complexity index is 970. The number of aryl methyl sites for hydroxylation is 1. The van der Waals surface area contributed by atoms with Crippen molar-refractivity contribution in [2.45, 2.75) is 32.2 Å². The van der Waals surface area contributed by atoms with E-state index in [-0.39, 0.29) is 17.6 Å². The first-order chi connectivity index (χ1) is 13.6. The molecule has 1 aliphatic heterocycles. The van der Waals surface area contributed by atoms with E-state index in [1.165, 1.54) is 12.1 Å². The van der Waals surface area contributed by atoms with Gasteiger partial charge in [-0.05, 0) is 49.1 Å². The van der Waals surface area contributed by atoms with Crippen LogP contribution in [0.5, 0.6) is 0 Å². The van der Waals surface area contributed by atoms with Crippen LogP contribution in [0.1, 0.15) is 46.1 Å². The first kappa shape index (κ1) is 18.3. The third kappa shape index (κ3) is 3.81. The number of hydrogen-bond donors (Lipinski definition) is 0. The molecule has 5 nitrogen and oxygen atoms in total. The summed E-state index contributed by atoms with van der Waals surface area (Å²) in [5.41, 5.74) is 2.35. The number of carbonyl (C=O) groups excluding carboxylic acids is 1. The number of hydrogen-bond acceptors (Lipinski definition) is 3. The van der Waals surface area contributed by atoms with Gasteiger partial charge < -0.3 is 9.47 Å². The molecule has 0 aliphatic carbocycles. The summed E-state index contributed by atoms with van der Waals surface area (Å²) >= 11 is 0. The Morgan fingerprint density at radius 1 is 1.29 bits per heavy atom. The molecule has 1 aromatic carbocycles. The number of imidazole rings is 1. The molecular weight excluding hydrogens is 355 g/mol. The van der Waals surface area contributed by atoms with Crippen LogP contribution < -0.4 is 0 Å². The monoisotopic (exact) mass is 378 g/mol. The Morgan fingerprint density at radius 3 is 3.00 bits per heavy atom. The first-order valence-corrected chi connectivity index (χ1v) is 9.57. The van der Waals surface area contributed by atoms with E-state index < -0.39 is 0 Å². The van der Waals surface area contributed by atoms with Crippen LogP contribution in [0, 0.1) is 12.7 Å². The van der Waals surface area contributed by atoms with Crippen LogP contribution in [0.3, 0.4) is 0 Å². The number of benzene rings is 1. The number of pyridine rings is 1. The van der Waals surface area contributed by atoms with Gasteiger partial charge in [-0.1, -0.05) is 12.1 Å². The maximum Gasteiger partial charge on any atom is 0.254 e. The summed E-state index contributed by atoms with van der Waals surface area (Å²) in [6, 6.07) is 8.35. The van der Waals surface area contributed by atoms with E-state index in [4.69, 9.17) is 0 Å². The van der Waals surface area contributed by atoms with Gasteiger partial charge in [0.1, 0.15) is 11.6 Å². The molecule has 1 aliphatic rings. The molecule has 0 saturated carbocycles. The second-order valence-corrected chi connectivity index (χ2v) is 7.32. The number of likely N-dealkylation sites (tertiary alicyclic amines) is 1. The van der Waals surface area contributed by atoms with Gasteiger partial charge in [0.25, 0.3) is 5.91 Å². The maximum absolute atomic E-state index is 13.6. The van der Waals surface area contributed by atoms with E-state index in [2.05, 4.69) is 14.5 Å². The van der Waals surface area contributed by atoms with E-state index in [9.17, 15) is 9.18 Å². The van der Waals surface area contributed by atoms with Crippen molar-refractivity contribution in [1.82, 2.24) is 19.4 Å². The van der Waals surface area contributed by atoms with Gasteiger partial charge in [-0.15, -0.1) is 0 Å². The Balaban J connectivity index is 1.53. The minimum Gasteiger partial charge on any atom is -0.338 e. The molecule has 0 radical (unpaired) electrons. The average molecular weight is 378 g/mol. The van der Waals surface area contributed by atoms with Gasteiger partial charge in [-0.3, -0.25) is 9.78 Å². The molecule has 1 amide bonds. The summed E-state index contributed by atoms with van der Waals surface area (Å²) in [4.78, 5) is 23.6. The molecule has 2 aromatic heterocycles. The summed E-state index contributed by atoms with van der Waals surface area (Å²) in [6.07, 6.45) is 9.29. The lowest BCUT2D eigenvalue weighted by Gasteiger charge is -2.33. The molecule has 1 atom stereocenters. The lowest BCUT2D eigenvalue weighted by molar-refractivity contribution is 0.0702. The fourth-order valence-electron chi connectivity index (χ4n) is 3.87. The van der Waals surface area contributed by atoms with Crippen molar-refractivity contribution in [3.63, 3.8) is 0 Å². The zero-order chi connectivity index (χ0) is 19.5. The highest BCUT2D eigenvalue weighted by Crippen LogP contribution is 2.28. The largest absolute Gasteiger partial charge is 0.338 e. The number of aromatic nitrogens is 3. The maximum atomic E-state index is 13.6. The van der Waals surface area contributed by atoms with Gasteiger partial charge in [-0.25, -0.2) is 9.37 Å². The van der Waals surface area contributed by atoms with Crippen molar-refractivity contribution < 1.29 is 9.18 Å². The summed E-state index contributed by atoms with van der Waals surface area (Å²) in [5.74, 6) is 0.664. The Kier molecular flexibility index (Phi) is 5.19. The highest BCUT2D eigenvalue weighted by molar-refractivity contribution is 5.95. The van der Waals surface area contributed by atoms with Crippen LogP contribution in [0.2, 0.25) is 0 Å². The zero-order valence-corrected chi connectivity index (χ0v) is 15.9. The number of piperidine rings is 1. The Hall–Kier alpha value is -3.02. The minimum atomic E-state index is -0.380. The van der Waals surface area contributed by atoms with Gasteiger partial charge in [0.05, 0.1) is 6.54 Å². The van der Waals surface area contributed by atoms with Gasteiger partial charge in [0.15, 0.2) is 0 Å². The topological polar surface area (TPSA) is 51.0 Å². The second kappa shape index (κ2) is 7.92. The van der Waals surface area contributed by atoms with Gasteiger partial charge >= 0.3 is 0 Å². The molecule has 3 aromatic rings. The van der Waals surface area contributed by atoms with E-state index in [0.717, 1.165) is 29.8 Å². The number of carbonyl (C=O) groups is 1. The fourth-order valence-corrected chi connectivity index (χ4v) is 3.87. The highest BCUT2D eigenvalue weighted by atomic mass is 19.1. The molecule has 28 heavy (non-hydrogen) atoms. The lowest BCUT2D eigenvalue weighted by atomic mass is 9.95. The van der Waals surface area contributed by atoms with Gasteiger partial charge in [-0.2, -0.15) is 0 Å². The zero-order valence-electron chi connectivity index (χ0n) is 15.9. The summed E-state index contributed by atoms with van der Waals surface area (Å²) in [6.45, 7) is 3.83. The molecule has 0 bridgehead atoms. The number of rotatable bonds is 4. The van der Waals surface area contributed by atoms with Gasteiger partial charge in [0.2, 0.25) is 0 Å².